The number of esters is 1. The molecule has 0 radical (unpaired) electrons. The van der Waals surface area contributed by atoms with Crippen molar-refractivity contribution >= 4 is 33.9 Å². The molecule has 1 aromatic carbocycles. The van der Waals surface area contributed by atoms with E-state index in [-0.39, 0.29) is 29.6 Å². The maximum absolute atomic E-state index is 13.1. The highest BCUT2D eigenvalue weighted by atomic mass is 32.1. The van der Waals surface area contributed by atoms with Crippen LogP contribution in [0.15, 0.2) is 24.3 Å². The zero-order valence-corrected chi connectivity index (χ0v) is 20.9. The van der Waals surface area contributed by atoms with Gasteiger partial charge in [0.2, 0.25) is 0 Å². The van der Waals surface area contributed by atoms with Crippen molar-refractivity contribution in [3.05, 3.63) is 45.8 Å². The average molecular weight is 472 g/mol. The molecule has 1 fully saturated rings. The van der Waals surface area contributed by atoms with Gasteiger partial charge in [-0.05, 0) is 70.9 Å². The van der Waals surface area contributed by atoms with Gasteiger partial charge in [-0.1, -0.05) is 0 Å². The van der Waals surface area contributed by atoms with Crippen molar-refractivity contribution in [1.29, 1.82) is 0 Å². The van der Waals surface area contributed by atoms with E-state index < -0.39 is 0 Å². The fourth-order valence-corrected chi connectivity index (χ4v) is 6.12. The third kappa shape index (κ3) is 4.93. The minimum atomic E-state index is -0.388. The van der Waals surface area contributed by atoms with Crippen LogP contribution in [0.2, 0.25) is 0 Å². The minimum absolute atomic E-state index is 0.185. The molecule has 33 heavy (non-hydrogen) atoms. The van der Waals surface area contributed by atoms with Crippen molar-refractivity contribution in [2.75, 3.05) is 43.1 Å². The van der Waals surface area contributed by atoms with Gasteiger partial charge in [0.15, 0.2) is 0 Å². The number of thiophene rings is 1. The standard InChI is InChI=1S/C25H33N3O4S/c1-6-32-23(30)19-18-15-24(2,3)27-25(4,5)20(18)33-22(19)26-21(29)16-7-9-17(10-8-16)28-11-13-31-14-12-28/h7-10,27H,6,11-15H2,1-5H3,(H,26,29). The SMILES string of the molecule is CCOC(=O)c1c(NC(=O)c2ccc(N3CCOCC3)cc2)sc2c1CC(C)(C)NC2(C)C. The number of ether oxygens (including phenoxy) is 2. The summed E-state index contributed by atoms with van der Waals surface area (Å²) in [5.41, 5.74) is 2.55. The average Bonchev–Trinajstić information content (AvgIpc) is 3.11. The third-order valence-electron chi connectivity index (χ3n) is 6.06. The van der Waals surface area contributed by atoms with Gasteiger partial charge in [0.25, 0.3) is 5.91 Å². The Bertz CT molecular complexity index is 1040. The van der Waals surface area contributed by atoms with E-state index >= 15 is 0 Å². The summed E-state index contributed by atoms with van der Waals surface area (Å²) in [6, 6.07) is 7.57. The number of morpholine rings is 1. The smallest absolute Gasteiger partial charge is 0.341 e. The quantitative estimate of drug-likeness (QED) is 0.637. The van der Waals surface area contributed by atoms with Crippen LogP contribution in [0.3, 0.4) is 0 Å². The summed E-state index contributed by atoms with van der Waals surface area (Å²) in [7, 11) is 0. The van der Waals surface area contributed by atoms with Crippen molar-refractivity contribution in [2.24, 2.45) is 0 Å². The van der Waals surface area contributed by atoms with E-state index in [2.05, 4.69) is 43.2 Å². The molecule has 0 unspecified atom stereocenters. The van der Waals surface area contributed by atoms with Gasteiger partial charge in [-0.3, -0.25) is 4.79 Å². The number of nitrogens with one attached hydrogen (secondary N) is 2. The highest BCUT2D eigenvalue weighted by Crippen LogP contribution is 2.45. The normalized spacial score (nSPS) is 19.0. The van der Waals surface area contributed by atoms with Gasteiger partial charge in [0, 0.05) is 40.3 Å². The van der Waals surface area contributed by atoms with E-state index in [4.69, 9.17) is 9.47 Å². The molecule has 0 aliphatic carbocycles. The molecule has 0 saturated carbocycles. The molecule has 0 atom stereocenters. The molecular weight excluding hydrogens is 438 g/mol. The second-order valence-corrected chi connectivity index (χ2v) is 10.8. The fourth-order valence-electron chi connectivity index (χ4n) is 4.86. The lowest BCUT2D eigenvalue weighted by Gasteiger charge is -2.42. The number of amides is 1. The molecule has 2 aliphatic rings. The Hall–Kier alpha value is -2.42. The van der Waals surface area contributed by atoms with Crippen LogP contribution in [0.25, 0.3) is 0 Å². The summed E-state index contributed by atoms with van der Waals surface area (Å²) in [5.74, 6) is -0.626. The molecule has 2 aliphatic heterocycles. The van der Waals surface area contributed by atoms with E-state index in [9.17, 15) is 9.59 Å². The van der Waals surface area contributed by atoms with Crippen LogP contribution in [-0.4, -0.2) is 50.3 Å². The van der Waals surface area contributed by atoms with E-state index in [0.29, 0.717) is 35.8 Å². The Morgan fingerprint density at radius 1 is 1.15 bits per heavy atom. The molecule has 4 rings (SSSR count). The molecule has 0 bridgehead atoms. The van der Waals surface area contributed by atoms with E-state index in [1.165, 1.54) is 11.3 Å². The summed E-state index contributed by atoms with van der Waals surface area (Å²) >= 11 is 1.46. The number of benzene rings is 1. The van der Waals surface area contributed by atoms with Gasteiger partial charge in [0.1, 0.15) is 5.00 Å². The summed E-state index contributed by atoms with van der Waals surface area (Å²) < 4.78 is 10.8. The van der Waals surface area contributed by atoms with Crippen LogP contribution < -0.4 is 15.5 Å². The zero-order valence-electron chi connectivity index (χ0n) is 20.0. The molecule has 1 aromatic heterocycles. The first-order valence-corrected chi connectivity index (χ1v) is 12.3. The predicted molar refractivity (Wildman–Crippen MR) is 132 cm³/mol. The predicted octanol–water partition coefficient (Wildman–Crippen LogP) is 4.17. The summed E-state index contributed by atoms with van der Waals surface area (Å²) in [4.78, 5) is 29.4. The van der Waals surface area contributed by atoms with Crippen molar-refractivity contribution in [2.45, 2.75) is 52.1 Å². The largest absolute Gasteiger partial charge is 0.462 e. The molecule has 0 spiro atoms. The Kier molecular flexibility index (Phi) is 6.53. The molecule has 2 N–H and O–H groups in total. The maximum atomic E-state index is 13.1. The number of carbonyl (C=O) groups is 2. The van der Waals surface area contributed by atoms with E-state index in [0.717, 1.165) is 29.2 Å². The Labute approximate surface area is 199 Å². The van der Waals surface area contributed by atoms with Gasteiger partial charge in [-0.15, -0.1) is 11.3 Å². The Balaban J connectivity index is 1.63. The first-order valence-electron chi connectivity index (χ1n) is 11.5. The van der Waals surface area contributed by atoms with E-state index in [1.807, 2.05) is 24.3 Å². The maximum Gasteiger partial charge on any atom is 0.341 e. The second kappa shape index (κ2) is 9.08. The van der Waals surface area contributed by atoms with Crippen LogP contribution in [0.5, 0.6) is 0 Å². The van der Waals surface area contributed by atoms with Crippen molar-refractivity contribution < 1.29 is 19.1 Å². The van der Waals surface area contributed by atoms with Crippen LogP contribution in [-0.2, 0) is 21.4 Å². The zero-order chi connectivity index (χ0) is 23.8. The third-order valence-corrected chi connectivity index (χ3v) is 7.53. The first kappa shape index (κ1) is 23.7. The van der Waals surface area contributed by atoms with Crippen LogP contribution in [0.1, 0.15) is 65.8 Å². The topological polar surface area (TPSA) is 79.9 Å². The van der Waals surface area contributed by atoms with Crippen molar-refractivity contribution in [1.82, 2.24) is 5.32 Å². The molecule has 8 heteroatoms. The molecule has 3 heterocycles. The van der Waals surface area contributed by atoms with Crippen molar-refractivity contribution in [3.63, 3.8) is 0 Å². The van der Waals surface area contributed by atoms with Gasteiger partial charge in [0.05, 0.1) is 25.4 Å². The number of fused-ring (bicyclic) bond motifs is 1. The number of hydrogen-bond acceptors (Lipinski definition) is 7. The molecule has 2 aromatic rings. The number of anilines is 2. The first-order chi connectivity index (χ1) is 15.6. The van der Waals surface area contributed by atoms with Gasteiger partial charge < -0.3 is 25.0 Å². The number of nitrogens with zero attached hydrogens (tertiary/aromatic N) is 1. The lowest BCUT2D eigenvalue weighted by Crippen LogP contribution is -2.55. The summed E-state index contributed by atoms with van der Waals surface area (Å²) in [6.45, 7) is 13.6. The summed E-state index contributed by atoms with van der Waals surface area (Å²) in [5, 5.41) is 7.21. The van der Waals surface area contributed by atoms with Crippen LogP contribution >= 0.6 is 11.3 Å². The molecule has 178 valence electrons. The highest BCUT2D eigenvalue weighted by Gasteiger charge is 2.42. The number of hydrogen-bond donors (Lipinski definition) is 2. The summed E-state index contributed by atoms with van der Waals surface area (Å²) in [6.07, 6.45) is 0.681. The minimum Gasteiger partial charge on any atom is -0.462 e. The molecule has 1 saturated heterocycles. The fraction of sp³-hybridized carbons (Fsp3) is 0.520. The number of carbonyl (C=O) groups excluding carboxylic acids is 2. The van der Waals surface area contributed by atoms with Gasteiger partial charge in [-0.2, -0.15) is 0 Å². The molecule has 7 nitrogen and oxygen atoms in total. The van der Waals surface area contributed by atoms with Crippen LogP contribution in [0.4, 0.5) is 10.7 Å². The molecular formula is C25H33N3O4S. The Morgan fingerprint density at radius 3 is 2.45 bits per heavy atom. The van der Waals surface area contributed by atoms with Crippen molar-refractivity contribution in [3.8, 4) is 0 Å². The second-order valence-electron chi connectivity index (χ2n) is 9.75. The molecule has 1 amide bonds. The Morgan fingerprint density at radius 2 is 1.82 bits per heavy atom. The lowest BCUT2D eigenvalue weighted by atomic mass is 9.81. The number of rotatable bonds is 5. The lowest BCUT2D eigenvalue weighted by molar-refractivity contribution is 0.0525. The van der Waals surface area contributed by atoms with Crippen LogP contribution in [0, 0.1) is 0 Å². The highest BCUT2D eigenvalue weighted by molar-refractivity contribution is 7.17. The monoisotopic (exact) mass is 471 g/mol. The van der Waals surface area contributed by atoms with Gasteiger partial charge in [-0.25, -0.2) is 4.79 Å². The van der Waals surface area contributed by atoms with E-state index in [1.54, 1.807) is 6.92 Å². The van der Waals surface area contributed by atoms with Gasteiger partial charge >= 0.3 is 5.97 Å².